The Morgan fingerprint density at radius 1 is 0.895 bits per heavy atom. The van der Waals surface area contributed by atoms with Gasteiger partial charge in [0.2, 0.25) is 0 Å². The molecule has 0 bridgehead atoms. The largest absolute Gasteiger partial charge is 0.335 e. The zero-order valence-electron chi connectivity index (χ0n) is 11.8. The molecule has 2 rings (SSSR count). The Morgan fingerprint density at radius 3 is 1.74 bits per heavy atom. The molecule has 0 aromatic carbocycles. The summed E-state index contributed by atoms with van der Waals surface area (Å²) in [7, 11) is 0. The number of hydrogen-bond acceptors (Lipinski definition) is 3. The Bertz CT molecular complexity index is 441. The van der Waals surface area contributed by atoms with E-state index in [1.54, 1.807) is 0 Å². The molecular weight excluding hydrogens is 238 g/mol. The van der Waals surface area contributed by atoms with Gasteiger partial charge in [-0.1, -0.05) is 0 Å². The van der Waals surface area contributed by atoms with Gasteiger partial charge in [0.25, 0.3) is 0 Å². The Hall–Kier alpha value is -1.62. The first-order chi connectivity index (χ1) is 9.27. The van der Waals surface area contributed by atoms with Crippen LogP contribution in [0.2, 0.25) is 0 Å². The topological polar surface area (TPSA) is 47.7 Å². The molecular formula is C14H23N5. The van der Waals surface area contributed by atoms with Gasteiger partial charge in [-0.05, 0) is 39.8 Å². The Labute approximate surface area is 114 Å². The first-order valence-electron chi connectivity index (χ1n) is 6.93. The fourth-order valence-corrected chi connectivity index (χ4v) is 2.15. The fraction of sp³-hybridized carbons (Fsp3) is 0.571. The van der Waals surface area contributed by atoms with Crippen LogP contribution in [0.25, 0.3) is 0 Å². The summed E-state index contributed by atoms with van der Waals surface area (Å²) in [5, 5.41) is 3.48. The number of nitrogens with zero attached hydrogens (tertiary/aromatic N) is 4. The molecule has 2 aromatic rings. The number of rotatable bonds is 8. The summed E-state index contributed by atoms with van der Waals surface area (Å²) >= 11 is 0. The van der Waals surface area contributed by atoms with Crippen molar-refractivity contribution < 1.29 is 0 Å². The molecule has 0 amide bonds. The molecule has 0 atom stereocenters. The van der Waals surface area contributed by atoms with E-state index in [1.165, 1.54) is 0 Å². The predicted molar refractivity (Wildman–Crippen MR) is 76.0 cm³/mol. The van der Waals surface area contributed by atoms with E-state index in [0.717, 1.165) is 50.7 Å². The SMILES string of the molecule is Cc1nccn1CCCNCCCn1ccnc1C. The van der Waals surface area contributed by atoms with E-state index in [-0.39, 0.29) is 0 Å². The average Bonchev–Trinajstić information content (AvgIpc) is 2.98. The van der Waals surface area contributed by atoms with Crippen molar-refractivity contribution in [3.05, 3.63) is 36.4 Å². The highest BCUT2D eigenvalue weighted by Gasteiger charge is 1.97. The van der Waals surface area contributed by atoms with Gasteiger partial charge >= 0.3 is 0 Å². The standard InChI is InChI=1S/C14H23N5/c1-13-16-7-11-18(13)9-3-5-15-6-4-10-19-12-8-17-14(19)2/h7-8,11-12,15H,3-6,9-10H2,1-2H3. The van der Waals surface area contributed by atoms with Crippen molar-refractivity contribution >= 4 is 0 Å². The van der Waals surface area contributed by atoms with Crippen LogP contribution >= 0.6 is 0 Å². The van der Waals surface area contributed by atoms with Gasteiger partial charge in [0.05, 0.1) is 0 Å². The van der Waals surface area contributed by atoms with Crippen LogP contribution in [0, 0.1) is 13.8 Å². The molecule has 0 fully saturated rings. The minimum atomic E-state index is 1.04. The third-order valence-corrected chi connectivity index (χ3v) is 3.35. The maximum Gasteiger partial charge on any atom is 0.105 e. The normalized spacial score (nSPS) is 11.1. The lowest BCUT2D eigenvalue weighted by molar-refractivity contribution is 0.538. The summed E-state index contributed by atoms with van der Waals surface area (Å²) in [6, 6.07) is 0. The van der Waals surface area contributed by atoms with Gasteiger partial charge in [0, 0.05) is 37.9 Å². The maximum absolute atomic E-state index is 4.22. The molecule has 0 spiro atoms. The first kappa shape index (κ1) is 13.8. The lowest BCUT2D eigenvalue weighted by Gasteiger charge is -2.08. The van der Waals surface area contributed by atoms with Gasteiger partial charge in [0.15, 0.2) is 0 Å². The lowest BCUT2D eigenvalue weighted by atomic mass is 10.3. The molecule has 0 saturated carbocycles. The molecule has 0 aliphatic heterocycles. The van der Waals surface area contributed by atoms with Gasteiger partial charge in [-0.3, -0.25) is 0 Å². The number of imidazole rings is 2. The van der Waals surface area contributed by atoms with Crippen LogP contribution in [0.5, 0.6) is 0 Å². The van der Waals surface area contributed by atoms with Crippen LogP contribution < -0.4 is 5.32 Å². The summed E-state index contributed by atoms with van der Waals surface area (Å²) in [6.45, 7) is 8.28. The number of hydrogen-bond donors (Lipinski definition) is 1. The molecule has 104 valence electrons. The summed E-state index contributed by atoms with van der Waals surface area (Å²) in [5.41, 5.74) is 0. The highest BCUT2D eigenvalue weighted by atomic mass is 15.1. The lowest BCUT2D eigenvalue weighted by Crippen LogP contribution is -2.19. The van der Waals surface area contributed by atoms with Crippen LogP contribution in [0.4, 0.5) is 0 Å². The number of aryl methyl sites for hydroxylation is 4. The highest BCUT2D eigenvalue weighted by Crippen LogP contribution is 1.98. The zero-order chi connectivity index (χ0) is 13.5. The second-order valence-corrected chi connectivity index (χ2v) is 4.79. The van der Waals surface area contributed by atoms with Crippen molar-refractivity contribution in [2.24, 2.45) is 0 Å². The van der Waals surface area contributed by atoms with Gasteiger partial charge < -0.3 is 14.5 Å². The molecule has 1 N–H and O–H groups in total. The quantitative estimate of drug-likeness (QED) is 0.737. The van der Waals surface area contributed by atoms with Crippen molar-refractivity contribution in [2.45, 2.75) is 39.8 Å². The molecule has 0 saturated heterocycles. The van der Waals surface area contributed by atoms with Crippen molar-refractivity contribution in [3.8, 4) is 0 Å². The van der Waals surface area contributed by atoms with E-state index in [1.807, 2.05) is 38.6 Å². The smallest absolute Gasteiger partial charge is 0.105 e. The fourth-order valence-electron chi connectivity index (χ4n) is 2.15. The van der Waals surface area contributed by atoms with Crippen molar-refractivity contribution in [1.29, 1.82) is 0 Å². The third kappa shape index (κ3) is 4.21. The molecule has 0 unspecified atom stereocenters. The molecule has 2 aromatic heterocycles. The van der Waals surface area contributed by atoms with Gasteiger partial charge in [-0.25, -0.2) is 9.97 Å². The summed E-state index contributed by atoms with van der Waals surface area (Å²) < 4.78 is 4.38. The van der Waals surface area contributed by atoms with E-state index < -0.39 is 0 Å². The molecule has 0 aliphatic rings. The second kappa shape index (κ2) is 7.09. The van der Waals surface area contributed by atoms with Gasteiger partial charge in [-0.15, -0.1) is 0 Å². The van der Waals surface area contributed by atoms with Crippen molar-refractivity contribution in [3.63, 3.8) is 0 Å². The molecule has 2 heterocycles. The van der Waals surface area contributed by atoms with Gasteiger partial charge in [-0.2, -0.15) is 0 Å². The molecule has 5 heteroatoms. The van der Waals surface area contributed by atoms with Crippen molar-refractivity contribution in [2.75, 3.05) is 13.1 Å². The second-order valence-electron chi connectivity index (χ2n) is 4.79. The number of aromatic nitrogens is 4. The monoisotopic (exact) mass is 261 g/mol. The van der Waals surface area contributed by atoms with Gasteiger partial charge in [0.1, 0.15) is 11.6 Å². The van der Waals surface area contributed by atoms with Crippen LogP contribution in [-0.2, 0) is 13.1 Å². The third-order valence-electron chi connectivity index (χ3n) is 3.35. The highest BCUT2D eigenvalue weighted by molar-refractivity contribution is 4.88. The number of nitrogens with one attached hydrogen (secondary N) is 1. The Kier molecular flexibility index (Phi) is 5.15. The average molecular weight is 261 g/mol. The summed E-state index contributed by atoms with van der Waals surface area (Å²) in [4.78, 5) is 8.43. The Morgan fingerprint density at radius 2 is 1.37 bits per heavy atom. The maximum atomic E-state index is 4.22. The van der Waals surface area contributed by atoms with E-state index in [4.69, 9.17) is 0 Å². The molecule has 0 aliphatic carbocycles. The summed E-state index contributed by atoms with van der Waals surface area (Å²) in [5.74, 6) is 2.19. The van der Waals surface area contributed by atoms with Crippen LogP contribution in [0.3, 0.4) is 0 Å². The molecule has 19 heavy (non-hydrogen) atoms. The first-order valence-corrected chi connectivity index (χ1v) is 6.93. The Balaban J connectivity index is 1.51. The van der Waals surface area contributed by atoms with Crippen LogP contribution in [-0.4, -0.2) is 32.2 Å². The van der Waals surface area contributed by atoms with Crippen LogP contribution in [0.15, 0.2) is 24.8 Å². The molecule has 0 radical (unpaired) electrons. The minimum Gasteiger partial charge on any atom is -0.335 e. The predicted octanol–water partition coefficient (Wildman–Crippen LogP) is 1.77. The van der Waals surface area contributed by atoms with Crippen molar-refractivity contribution in [1.82, 2.24) is 24.4 Å². The van der Waals surface area contributed by atoms with E-state index in [0.29, 0.717) is 0 Å². The van der Waals surface area contributed by atoms with E-state index in [9.17, 15) is 0 Å². The van der Waals surface area contributed by atoms with Crippen LogP contribution in [0.1, 0.15) is 24.5 Å². The van der Waals surface area contributed by atoms with E-state index >= 15 is 0 Å². The molecule has 5 nitrogen and oxygen atoms in total. The minimum absolute atomic E-state index is 1.04. The summed E-state index contributed by atoms with van der Waals surface area (Å²) in [6.07, 6.45) is 10.1. The van der Waals surface area contributed by atoms with E-state index in [2.05, 4.69) is 24.4 Å². The zero-order valence-corrected chi connectivity index (χ0v) is 11.8.